The van der Waals surface area contributed by atoms with Gasteiger partial charge in [-0.25, -0.2) is 0 Å². The van der Waals surface area contributed by atoms with Crippen molar-refractivity contribution >= 4 is 0 Å². The fourth-order valence-electron chi connectivity index (χ4n) is 1.12. The molecule has 0 saturated carbocycles. The number of rotatable bonds is 2. The van der Waals surface area contributed by atoms with Gasteiger partial charge in [0.05, 0.1) is 25.9 Å². The fourth-order valence-corrected chi connectivity index (χ4v) is 1.12. The zero-order chi connectivity index (χ0) is 8.10. The van der Waals surface area contributed by atoms with E-state index >= 15 is 0 Å². The van der Waals surface area contributed by atoms with Crippen molar-refractivity contribution in [3.63, 3.8) is 0 Å². The van der Waals surface area contributed by atoms with E-state index in [1.54, 1.807) is 0 Å². The molecule has 1 fully saturated rings. The predicted molar refractivity (Wildman–Crippen MR) is 40.3 cm³/mol. The van der Waals surface area contributed by atoms with Crippen molar-refractivity contribution in [1.82, 2.24) is 5.32 Å². The van der Waals surface area contributed by atoms with Crippen LogP contribution in [0, 0.1) is 5.92 Å². The lowest BCUT2D eigenvalue weighted by molar-refractivity contribution is 0.0120. The topological polar surface area (TPSA) is 61.7 Å². The average Bonchev–Trinajstić information content (AvgIpc) is 2.30. The molecule has 0 spiro atoms. The Balaban J connectivity index is 2.30. The maximum atomic E-state index is 9.24. The first-order chi connectivity index (χ1) is 5.34. The van der Waals surface area contributed by atoms with Gasteiger partial charge >= 0.3 is 0 Å². The molecule has 3 N–H and O–H groups in total. The van der Waals surface area contributed by atoms with Gasteiger partial charge < -0.3 is 20.3 Å². The minimum atomic E-state index is -0.652. The summed E-state index contributed by atoms with van der Waals surface area (Å²) in [7, 11) is 0. The lowest BCUT2D eigenvalue weighted by atomic mass is 10.0. The zero-order valence-corrected chi connectivity index (χ0v) is 6.49. The van der Waals surface area contributed by atoms with Crippen molar-refractivity contribution in [3.8, 4) is 0 Å². The maximum absolute atomic E-state index is 9.24. The molecule has 0 aliphatic carbocycles. The van der Waals surface area contributed by atoms with Crippen LogP contribution >= 0.6 is 0 Å². The van der Waals surface area contributed by atoms with E-state index in [0.717, 1.165) is 13.1 Å². The predicted octanol–water partition coefficient (Wildman–Crippen LogP) is -1.42. The van der Waals surface area contributed by atoms with Crippen LogP contribution in [0.15, 0.2) is 0 Å². The Morgan fingerprint density at radius 3 is 3.18 bits per heavy atom. The van der Waals surface area contributed by atoms with Crippen molar-refractivity contribution < 1.29 is 14.9 Å². The number of aliphatic hydroxyl groups excluding tert-OH is 2. The summed E-state index contributed by atoms with van der Waals surface area (Å²) in [6, 6.07) is 0. The van der Waals surface area contributed by atoms with Crippen molar-refractivity contribution in [2.24, 2.45) is 5.92 Å². The normalized spacial score (nSPS) is 29.5. The van der Waals surface area contributed by atoms with E-state index in [2.05, 4.69) is 5.32 Å². The van der Waals surface area contributed by atoms with E-state index in [4.69, 9.17) is 9.84 Å². The fraction of sp³-hybridized carbons (Fsp3) is 1.00. The second-order valence-corrected chi connectivity index (χ2v) is 2.79. The molecule has 0 bridgehead atoms. The highest BCUT2D eigenvalue weighted by atomic mass is 16.5. The molecule has 1 aliphatic heterocycles. The lowest BCUT2D eigenvalue weighted by Crippen LogP contribution is -2.34. The van der Waals surface area contributed by atoms with Crippen LogP contribution in [0.5, 0.6) is 0 Å². The van der Waals surface area contributed by atoms with Crippen LogP contribution in [0.3, 0.4) is 0 Å². The average molecular weight is 161 g/mol. The van der Waals surface area contributed by atoms with Gasteiger partial charge in [0, 0.05) is 19.0 Å². The Hall–Kier alpha value is -0.160. The molecule has 1 heterocycles. The highest BCUT2D eigenvalue weighted by molar-refractivity contribution is 4.72. The first kappa shape index (κ1) is 8.93. The Morgan fingerprint density at radius 1 is 1.64 bits per heavy atom. The Bertz CT molecular complexity index is 102. The molecule has 4 nitrogen and oxygen atoms in total. The summed E-state index contributed by atoms with van der Waals surface area (Å²) in [5, 5.41) is 21.0. The van der Waals surface area contributed by atoms with Crippen molar-refractivity contribution in [2.75, 3.05) is 32.9 Å². The third kappa shape index (κ3) is 2.75. The van der Waals surface area contributed by atoms with Gasteiger partial charge in [-0.15, -0.1) is 0 Å². The van der Waals surface area contributed by atoms with Gasteiger partial charge in [-0.05, 0) is 0 Å². The van der Waals surface area contributed by atoms with Gasteiger partial charge in [-0.1, -0.05) is 0 Å². The van der Waals surface area contributed by atoms with Gasteiger partial charge in [0.1, 0.15) is 0 Å². The Kier molecular flexibility index (Phi) is 3.79. The molecule has 0 aromatic carbocycles. The maximum Gasteiger partial charge on any atom is 0.0833 e. The molecule has 4 heteroatoms. The van der Waals surface area contributed by atoms with E-state index in [0.29, 0.717) is 13.2 Å². The van der Waals surface area contributed by atoms with E-state index in [1.165, 1.54) is 0 Å². The van der Waals surface area contributed by atoms with Crippen LogP contribution in [0.1, 0.15) is 0 Å². The van der Waals surface area contributed by atoms with E-state index in [-0.39, 0.29) is 12.5 Å². The molecule has 0 aromatic rings. The van der Waals surface area contributed by atoms with E-state index in [1.807, 2.05) is 0 Å². The molecule has 1 aliphatic rings. The van der Waals surface area contributed by atoms with Crippen molar-refractivity contribution in [2.45, 2.75) is 6.10 Å². The number of nitrogens with one attached hydrogen (secondary N) is 1. The van der Waals surface area contributed by atoms with Gasteiger partial charge in [-0.3, -0.25) is 0 Å². The van der Waals surface area contributed by atoms with Crippen LogP contribution in [-0.4, -0.2) is 49.2 Å². The molecule has 2 atom stereocenters. The second kappa shape index (κ2) is 4.66. The molecular formula is C7H15NO3. The monoisotopic (exact) mass is 161 g/mol. The molecule has 1 rings (SSSR count). The highest BCUT2D eigenvalue weighted by Gasteiger charge is 2.19. The molecular weight excluding hydrogens is 146 g/mol. The summed E-state index contributed by atoms with van der Waals surface area (Å²) in [6.45, 7) is 2.59. The van der Waals surface area contributed by atoms with Gasteiger partial charge in [-0.2, -0.15) is 0 Å². The number of ether oxygens (including phenoxy) is 1. The standard InChI is InChI=1S/C7H15NO3/c9-4-7(10)6-3-8-1-2-11-5-6/h6-10H,1-5H2. The third-order valence-corrected chi connectivity index (χ3v) is 1.89. The molecule has 0 amide bonds. The molecule has 11 heavy (non-hydrogen) atoms. The van der Waals surface area contributed by atoms with E-state index < -0.39 is 6.10 Å². The Labute approximate surface area is 66.2 Å². The van der Waals surface area contributed by atoms with Crippen LogP contribution in [0.4, 0.5) is 0 Å². The number of aliphatic hydroxyl groups is 2. The summed E-state index contributed by atoms with van der Waals surface area (Å²) in [4.78, 5) is 0. The van der Waals surface area contributed by atoms with Crippen LogP contribution in [-0.2, 0) is 4.74 Å². The van der Waals surface area contributed by atoms with Crippen LogP contribution in [0.25, 0.3) is 0 Å². The molecule has 0 radical (unpaired) electrons. The summed E-state index contributed by atoms with van der Waals surface area (Å²) >= 11 is 0. The lowest BCUT2D eigenvalue weighted by Gasteiger charge is -2.17. The zero-order valence-electron chi connectivity index (χ0n) is 6.49. The first-order valence-corrected chi connectivity index (χ1v) is 3.92. The summed E-state index contributed by atoms with van der Waals surface area (Å²) in [5.74, 6) is 0.0301. The summed E-state index contributed by atoms with van der Waals surface area (Å²) in [5.41, 5.74) is 0. The van der Waals surface area contributed by atoms with Crippen molar-refractivity contribution in [1.29, 1.82) is 0 Å². The minimum Gasteiger partial charge on any atom is -0.394 e. The quantitative estimate of drug-likeness (QED) is 0.465. The summed E-state index contributed by atoms with van der Waals surface area (Å²) in [6.07, 6.45) is -0.652. The second-order valence-electron chi connectivity index (χ2n) is 2.79. The molecule has 2 unspecified atom stereocenters. The highest BCUT2D eigenvalue weighted by Crippen LogP contribution is 2.05. The number of hydrogen-bond acceptors (Lipinski definition) is 4. The summed E-state index contributed by atoms with van der Waals surface area (Å²) < 4.78 is 5.20. The SMILES string of the molecule is OCC(O)C1CNCCOC1. The van der Waals surface area contributed by atoms with Crippen LogP contribution < -0.4 is 5.32 Å². The smallest absolute Gasteiger partial charge is 0.0833 e. The van der Waals surface area contributed by atoms with Gasteiger partial charge in [0.15, 0.2) is 0 Å². The van der Waals surface area contributed by atoms with Crippen molar-refractivity contribution in [3.05, 3.63) is 0 Å². The first-order valence-electron chi connectivity index (χ1n) is 3.92. The molecule has 0 aromatic heterocycles. The van der Waals surface area contributed by atoms with Gasteiger partial charge in [0.25, 0.3) is 0 Å². The van der Waals surface area contributed by atoms with Gasteiger partial charge in [0.2, 0.25) is 0 Å². The number of hydrogen-bond donors (Lipinski definition) is 3. The molecule has 66 valence electrons. The minimum absolute atomic E-state index is 0.0301. The third-order valence-electron chi connectivity index (χ3n) is 1.89. The Morgan fingerprint density at radius 2 is 2.45 bits per heavy atom. The van der Waals surface area contributed by atoms with E-state index in [9.17, 15) is 5.11 Å². The van der Waals surface area contributed by atoms with Crippen LogP contribution in [0.2, 0.25) is 0 Å². The molecule has 1 saturated heterocycles. The largest absolute Gasteiger partial charge is 0.394 e.